The summed E-state index contributed by atoms with van der Waals surface area (Å²) >= 11 is 0. The summed E-state index contributed by atoms with van der Waals surface area (Å²) in [6.07, 6.45) is -1.18. The predicted octanol–water partition coefficient (Wildman–Crippen LogP) is 1.18. The molecule has 1 aromatic carbocycles. The zero-order valence-corrected chi connectivity index (χ0v) is 13.0. The second-order valence-electron chi connectivity index (χ2n) is 5.89. The van der Waals surface area contributed by atoms with Crippen LogP contribution in [0.25, 0.3) is 0 Å². The molecule has 6 nitrogen and oxygen atoms in total. The number of fused-ring (bicyclic) bond motifs is 1. The molecular formula is C16H22O6. The zero-order valence-electron chi connectivity index (χ0n) is 13.0. The third kappa shape index (κ3) is 2.46. The Balaban J connectivity index is 2.01. The number of ether oxygens (including phenoxy) is 4. The highest BCUT2D eigenvalue weighted by atomic mass is 16.7. The van der Waals surface area contributed by atoms with Crippen molar-refractivity contribution in [3.05, 3.63) is 23.3 Å². The number of methoxy groups -OCH3 is 2. The maximum atomic E-state index is 11.0. The Kier molecular flexibility index (Phi) is 4.03. The van der Waals surface area contributed by atoms with Gasteiger partial charge in [0.25, 0.3) is 0 Å². The van der Waals surface area contributed by atoms with Gasteiger partial charge in [-0.3, -0.25) is 0 Å². The summed E-state index contributed by atoms with van der Waals surface area (Å²) in [6.45, 7) is 2.10. The van der Waals surface area contributed by atoms with Gasteiger partial charge in [0.15, 0.2) is 6.29 Å². The minimum absolute atomic E-state index is 0.171. The summed E-state index contributed by atoms with van der Waals surface area (Å²) in [5.74, 6) is 1.22. The van der Waals surface area contributed by atoms with Crippen LogP contribution in [0.15, 0.2) is 12.1 Å². The second kappa shape index (κ2) is 5.70. The quantitative estimate of drug-likeness (QED) is 0.873. The van der Waals surface area contributed by atoms with Crippen LogP contribution in [0.5, 0.6) is 11.5 Å². The SMILES string of the molecule is COc1ccc(OC)c2c1C[C@](O)([C@H]1CO[C@@H](C)O1)C[C@H]2O. The van der Waals surface area contributed by atoms with Crippen molar-refractivity contribution in [1.29, 1.82) is 0 Å². The van der Waals surface area contributed by atoms with Crippen molar-refractivity contribution in [1.82, 2.24) is 0 Å². The van der Waals surface area contributed by atoms with Crippen LogP contribution in [0.4, 0.5) is 0 Å². The molecule has 0 amide bonds. The van der Waals surface area contributed by atoms with E-state index in [9.17, 15) is 10.2 Å². The van der Waals surface area contributed by atoms with Crippen LogP contribution < -0.4 is 9.47 Å². The van der Waals surface area contributed by atoms with Crippen LogP contribution in [0.3, 0.4) is 0 Å². The van der Waals surface area contributed by atoms with Gasteiger partial charge in [-0.25, -0.2) is 0 Å². The first-order valence-corrected chi connectivity index (χ1v) is 7.39. The monoisotopic (exact) mass is 310 g/mol. The highest BCUT2D eigenvalue weighted by Crippen LogP contribution is 2.46. The van der Waals surface area contributed by atoms with E-state index in [1.165, 1.54) is 0 Å². The molecule has 4 atom stereocenters. The molecule has 1 saturated heterocycles. The summed E-state index contributed by atoms with van der Waals surface area (Å²) in [5.41, 5.74) is 0.237. The summed E-state index contributed by atoms with van der Waals surface area (Å²) in [7, 11) is 3.13. The molecule has 1 aliphatic heterocycles. The van der Waals surface area contributed by atoms with Gasteiger partial charge in [-0.15, -0.1) is 0 Å². The molecule has 0 aromatic heterocycles. The Morgan fingerprint density at radius 1 is 1.23 bits per heavy atom. The van der Waals surface area contributed by atoms with E-state index in [-0.39, 0.29) is 12.7 Å². The molecule has 22 heavy (non-hydrogen) atoms. The fourth-order valence-electron chi connectivity index (χ4n) is 3.42. The van der Waals surface area contributed by atoms with E-state index in [0.29, 0.717) is 30.1 Å². The van der Waals surface area contributed by atoms with E-state index in [0.717, 1.165) is 5.56 Å². The molecule has 0 radical (unpaired) electrons. The third-order valence-electron chi connectivity index (χ3n) is 4.51. The number of benzene rings is 1. The normalized spacial score (nSPS) is 34.3. The van der Waals surface area contributed by atoms with Gasteiger partial charge >= 0.3 is 0 Å². The molecule has 0 spiro atoms. The van der Waals surface area contributed by atoms with Gasteiger partial charge in [0.2, 0.25) is 0 Å². The average molecular weight is 310 g/mol. The summed E-state index contributed by atoms with van der Waals surface area (Å²) in [4.78, 5) is 0. The van der Waals surface area contributed by atoms with Crippen LogP contribution in [0.1, 0.15) is 30.6 Å². The first-order valence-electron chi connectivity index (χ1n) is 7.39. The van der Waals surface area contributed by atoms with Crippen molar-refractivity contribution in [2.24, 2.45) is 0 Å². The molecule has 1 fully saturated rings. The number of hydrogen-bond donors (Lipinski definition) is 2. The van der Waals surface area contributed by atoms with Crippen LogP contribution in [-0.4, -0.2) is 49.0 Å². The predicted molar refractivity (Wildman–Crippen MR) is 78.1 cm³/mol. The highest BCUT2D eigenvalue weighted by Gasteiger charge is 2.48. The van der Waals surface area contributed by atoms with Gasteiger partial charge in [-0.2, -0.15) is 0 Å². The topological polar surface area (TPSA) is 77.4 Å². The van der Waals surface area contributed by atoms with Crippen LogP contribution in [-0.2, 0) is 15.9 Å². The lowest BCUT2D eigenvalue weighted by atomic mass is 9.75. The van der Waals surface area contributed by atoms with E-state index in [4.69, 9.17) is 18.9 Å². The van der Waals surface area contributed by atoms with Gasteiger partial charge in [0.05, 0.1) is 26.9 Å². The van der Waals surface area contributed by atoms with Crippen molar-refractivity contribution in [3.8, 4) is 11.5 Å². The molecule has 0 bridgehead atoms. The molecule has 0 saturated carbocycles. The van der Waals surface area contributed by atoms with Gasteiger partial charge < -0.3 is 29.2 Å². The fourth-order valence-corrected chi connectivity index (χ4v) is 3.42. The van der Waals surface area contributed by atoms with Gasteiger partial charge in [0.1, 0.15) is 23.2 Å². The first kappa shape index (κ1) is 15.6. The number of rotatable bonds is 3. The summed E-state index contributed by atoms with van der Waals surface area (Å²) in [5, 5.41) is 21.6. The third-order valence-corrected chi connectivity index (χ3v) is 4.51. The molecule has 0 unspecified atom stereocenters. The zero-order chi connectivity index (χ0) is 15.9. The minimum atomic E-state index is -1.20. The standard InChI is InChI=1S/C16H22O6/c1-9-21-8-14(22-9)16(18)6-10-12(19-2)4-5-13(20-3)15(10)11(17)7-16/h4-5,9,11,14,17-18H,6-8H2,1-3H3/t9-,11-,14-,16-/m1/s1. The van der Waals surface area contributed by atoms with Crippen molar-refractivity contribution in [2.75, 3.05) is 20.8 Å². The van der Waals surface area contributed by atoms with E-state index in [1.54, 1.807) is 33.3 Å². The Morgan fingerprint density at radius 2 is 1.91 bits per heavy atom. The van der Waals surface area contributed by atoms with E-state index in [2.05, 4.69) is 0 Å². The Bertz CT molecular complexity index is 560. The van der Waals surface area contributed by atoms with E-state index in [1.807, 2.05) is 0 Å². The first-order chi connectivity index (χ1) is 10.5. The van der Waals surface area contributed by atoms with Crippen LogP contribution in [0, 0.1) is 0 Å². The molecule has 3 rings (SSSR count). The maximum absolute atomic E-state index is 11.0. The lowest BCUT2D eigenvalue weighted by molar-refractivity contribution is -0.131. The molecule has 1 heterocycles. The highest BCUT2D eigenvalue weighted by molar-refractivity contribution is 5.52. The molecule has 2 aliphatic rings. The lowest BCUT2D eigenvalue weighted by Crippen LogP contribution is -2.49. The van der Waals surface area contributed by atoms with Crippen LogP contribution in [0.2, 0.25) is 0 Å². The molecule has 6 heteroatoms. The molecule has 1 aliphatic carbocycles. The Morgan fingerprint density at radius 3 is 2.50 bits per heavy atom. The number of hydrogen-bond acceptors (Lipinski definition) is 6. The van der Waals surface area contributed by atoms with Crippen molar-refractivity contribution in [3.63, 3.8) is 0 Å². The lowest BCUT2D eigenvalue weighted by Gasteiger charge is -2.40. The maximum Gasteiger partial charge on any atom is 0.155 e. The summed E-state index contributed by atoms with van der Waals surface area (Å²) < 4.78 is 21.8. The largest absolute Gasteiger partial charge is 0.496 e. The minimum Gasteiger partial charge on any atom is -0.496 e. The van der Waals surface area contributed by atoms with E-state index < -0.39 is 17.8 Å². The van der Waals surface area contributed by atoms with E-state index >= 15 is 0 Å². The Hall–Kier alpha value is -1.34. The van der Waals surface area contributed by atoms with Crippen LogP contribution >= 0.6 is 0 Å². The molecule has 122 valence electrons. The average Bonchev–Trinajstić information content (AvgIpc) is 2.93. The van der Waals surface area contributed by atoms with Crippen molar-refractivity contribution >= 4 is 0 Å². The smallest absolute Gasteiger partial charge is 0.155 e. The number of aliphatic hydroxyl groups is 2. The number of aliphatic hydroxyl groups excluding tert-OH is 1. The van der Waals surface area contributed by atoms with Crippen molar-refractivity contribution in [2.45, 2.75) is 43.9 Å². The summed E-state index contributed by atoms with van der Waals surface area (Å²) in [6, 6.07) is 3.55. The van der Waals surface area contributed by atoms with Gasteiger partial charge in [0, 0.05) is 24.0 Å². The molecule has 1 aromatic rings. The van der Waals surface area contributed by atoms with Crippen molar-refractivity contribution < 1.29 is 29.2 Å². The second-order valence-corrected chi connectivity index (χ2v) is 5.89. The molecular weight excluding hydrogens is 288 g/mol. The molecule has 2 N–H and O–H groups in total. The Labute approximate surface area is 129 Å². The van der Waals surface area contributed by atoms with Gasteiger partial charge in [-0.1, -0.05) is 0 Å². The van der Waals surface area contributed by atoms with Gasteiger partial charge in [-0.05, 0) is 19.1 Å². The fraction of sp³-hybridized carbons (Fsp3) is 0.625.